The fraction of sp³-hybridized carbons (Fsp3) is 0.278. The first kappa shape index (κ1) is 34.8. The van der Waals surface area contributed by atoms with Crippen LogP contribution in [0.25, 0.3) is 0 Å². The zero-order chi connectivity index (χ0) is 33.4. The molecule has 0 aliphatic heterocycles. The summed E-state index contributed by atoms with van der Waals surface area (Å²) in [7, 11) is -4.31. The van der Waals surface area contributed by atoms with Crippen molar-refractivity contribution < 1.29 is 18.0 Å². The zero-order valence-electron chi connectivity index (χ0n) is 25.7. The monoisotopic (exact) mass is 711 g/mol. The Balaban J connectivity index is 1.59. The summed E-state index contributed by atoms with van der Waals surface area (Å²) < 4.78 is 29.3. The van der Waals surface area contributed by atoms with Gasteiger partial charge in [0, 0.05) is 29.1 Å². The largest absolute Gasteiger partial charge is 0.352 e. The van der Waals surface area contributed by atoms with Crippen molar-refractivity contribution in [1.29, 1.82) is 0 Å². The highest BCUT2D eigenvalue weighted by molar-refractivity contribution is 7.92. The summed E-state index contributed by atoms with van der Waals surface area (Å²) in [6.45, 7) is -0.680. The number of carbonyl (C=O) groups excluding carboxylic acids is 2. The molecule has 7 nitrogen and oxygen atoms in total. The Hall–Kier alpha value is -3.56. The number of amides is 2. The molecule has 0 bridgehead atoms. The quantitative estimate of drug-likeness (QED) is 0.162. The minimum atomic E-state index is -4.31. The minimum Gasteiger partial charge on any atom is -0.352 e. The van der Waals surface area contributed by atoms with Gasteiger partial charge in [0.2, 0.25) is 11.8 Å². The summed E-state index contributed by atoms with van der Waals surface area (Å²) in [5.74, 6) is -0.917. The maximum atomic E-state index is 14.7. The summed E-state index contributed by atoms with van der Waals surface area (Å²) in [4.78, 5) is 30.3. The highest BCUT2D eigenvalue weighted by atomic mass is 35.5. The van der Waals surface area contributed by atoms with Gasteiger partial charge >= 0.3 is 0 Å². The molecule has 1 N–H and O–H groups in total. The SMILES string of the molecule is O=C(NC1CCCCC1)[C@@H](Cc1ccccc1)N(Cc1ccccc1Cl)C(=O)CN(c1cc(Cl)ccc1Cl)S(=O)(=O)c1ccccc1. The maximum Gasteiger partial charge on any atom is 0.264 e. The predicted molar refractivity (Wildman–Crippen MR) is 188 cm³/mol. The van der Waals surface area contributed by atoms with E-state index < -0.39 is 28.5 Å². The molecule has 47 heavy (non-hydrogen) atoms. The average molecular weight is 713 g/mol. The molecule has 0 aromatic heterocycles. The van der Waals surface area contributed by atoms with Crippen molar-refractivity contribution >= 4 is 62.3 Å². The van der Waals surface area contributed by atoms with E-state index in [0.717, 1.165) is 42.0 Å². The molecule has 1 aliphatic rings. The number of rotatable bonds is 12. The molecule has 0 unspecified atom stereocenters. The van der Waals surface area contributed by atoms with Crippen LogP contribution < -0.4 is 9.62 Å². The van der Waals surface area contributed by atoms with Gasteiger partial charge in [0.25, 0.3) is 10.0 Å². The lowest BCUT2D eigenvalue weighted by atomic mass is 9.94. The van der Waals surface area contributed by atoms with Gasteiger partial charge in [-0.15, -0.1) is 0 Å². The van der Waals surface area contributed by atoms with Crippen molar-refractivity contribution in [2.24, 2.45) is 0 Å². The Morgan fingerprint density at radius 2 is 1.43 bits per heavy atom. The molecule has 11 heteroatoms. The third kappa shape index (κ3) is 8.87. The molecule has 4 aromatic rings. The van der Waals surface area contributed by atoms with Gasteiger partial charge in [-0.05, 0) is 60.4 Å². The number of nitrogens with one attached hydrogen (secondary N) is 1. The average Bonchev–Trinajstić information content (AvgIpc) is 3.08. The van der Waals surface area contributed by atoms with Gasteiger partial charge in [0.1, 0.15) is 12.6 Å². The van der Waals surface area contributed by atoms with E-state index in [2.05, 4.69) is 5.32 Å². The Morgan fingerprint density at radius 3 is 2.11 bits per heavy atom. The predicted octanol–water partition coefficient (Wildman–Crippen LogP) is 7.93. The Labute approximate surface area is 291 Å². The van der Waals surface area contributed by atoms with Crippen molar-refractivity contribution in [1.82, 2.24) is 10.2 Å². The van der Waals surface area contributed by atoms with E-state index in [9.17, 15) is 18.0 Å². The van der Waals surface area contributed by atoms with Crippen molar-refractivity contribution in [2.75, 3.05) is 10.8 Å². The van der Waals surface area contributed by atoms with E-state index in [0.29, 0.717) is 10.6 Å². The third-order valence-corrected chi connectivity index (χ3v) is 11.0. The Morgan fingerprint density at radius 1 is 0.787 bits per heavy atom. The summed E-state index contributed by atoms with van der Waals surface area (Å²) in [6, 6.07) is 27.8. The number of halogens is 3. The first-order valence-corrected chi connectivity index (χ1v) is 18.1. The van der Waals surface area contributed by atoms with E-state index in [1.165, 1.54) is 35.2 Å². The molecule has 2 amide bonds. The number of anilines is 1. The second-order valence-corrected chi connectivity index (χ2v) is 14.7. The van der Waals surface area contributed by atoms with Crippen LogP contribution in [-0.4, -0.2) is 43.8 Å². The number of hydrogen-bond acceptors (Lipinski definition) is 4. The second-order valence-electron chi connectivity index (χ2n) is 11.6. The number of benzene rings is 4. The summed E-state index contributed by atoms with van der Waals surface area (Å²) in [5, 5.41) is 3.95. The lowest BCUT2D eigenvalue weighted by Gasteiger charge is -2.35. The van der Waals surface area contributed by atoms with E-state index in [4.69, 9.17) is 34.8 Å². The molecule has 4 aromatic carbocycles. The molecule has 0 radical (unpaired) electrons. The molecule has 1 saturated carbocycles. The van der Waals surface area contributed by atoms with Crippen molar-refractivity contribution in [2.45, 2.75) is 62.0 Å². The molecule has 0 heterocycles. The highest BCUT2D eigenvalue weighted by Gasteiger charge is 2.36. The zero-order valence-corrected chi connectivity index (χ0v) is 28.8. The number of carbonyl (C=O) groups is 2. The van der Waals surface area contributed by atoms with Crippen molar-refractivity contribution in [3.05, 3.63) is 129 Å². The van der Waals surface area contributed by atoms with Crippen LogP contribution in [0.2, 0.25) is 15.1 Å². The van der Waals surface area contributed by atoms with Gasteiger partial charge in [-0.1, -0.05) is 121 Å². The fourth-order valence-electron chi connectivity index (χ4n) is 5.82. The van der Waals surface area contributed by atoms with Gasteiger partial charge in [-0.3, -0.25) is 13.9 Å². The molecule has 1 aliphatic carbocycles. The molecular weight excluding hydrogens is 677 g/mol. The Bertz CT molecular complexity index is 1790. The standard InChI is InChI=1S/C36H36Cl3N3O4S/c37-28-20-21-32(39)33(23-28)42(47(45,46)30-17-8-3-9-18-30)25-35(43)41(24-27-14-10-11-19-31(27)38)34(22-26-12-4-1-5-13-26)36(44)40-29-15-6-2-7-16-29/h1,3-5,8-14,17-21,23,29,34H,2,6-7,15-16,22,24-25H2,(H,40,44)/t34-/m1/s1. The Kier molecular flexibility index (Phi) is 11.9. The smallest absolute Gasteiger partial charge is 0.264 e. The maximum absolute atomic E-state index is 14.7. The van der Waals surface area contributed by atoms with Crippen molar-refractivity contribution in [3.8, 4) is 0 Å². The number of sulfonamides is 1. The van der Waals surface area contributed by atoms with Crippen molar-refractivity contribution in [3.63, 3.8) is 0 Å². The highest BCUT2D eigenvalue weighted by Crippen LogP contribution is 2.33. The van der Waals surface area contributed by atoms with Gasteiger partial charge in [0.15, 0.2) is 0 Å². The summed E-state index contributed by atoms with van der Waals surface area (Å²) in [6.07, 6.45) is 5.08. The lowest BCUT2D eigenvalue weighted by Crippen LogP contribution is -2.55. The van der Waals surface area contributed by atoms with E-state index in [-0.39, 0.29) is 45.5 Å². The van der Waals surface area contributed by atoms with Crippen LogP contribution in [0, 0.1) is 0 Å². The van der Waals surface area contributed by atoms with E-state index in [1.807, 2.05) is 30.3 Å². The van der Waals surface area contributed by atoms with Crippen LogP contribution in [0.5, 0.6) is 0 Å². The molecule has 246 valence electrons. The van der Waals surface area contributed by atoms with E-state index >= 15 is 0 Å². The molecule has 5 rings (SSSR count). The summed E-state index contributed by atoms with van der Waals surface area (Å²) in [5.41, 5.74) is 1.50. The summed E-state index contributed by atoms with van der Waals surface area (Å²) >= 11 is 19.5. The first-order chi connectivity index (χ1) is 22.6. The van der Waals surface area contributed by atoms with Gasteiger partial charge in [-0.2, -0.15) is 0 Å². The molecule has 1 atom stereocenters. The molecule has 0 saturated heterocycles. The van der Waals surface area contributed by atoms with Crippen LogP contribution >= 0.6 is 34.8 Å². The van der Waals surface area contributed by atoms with Crippen LogP contribution in [0.1, 0.15) is 43.2 Å². The van der Waals surface area contributed by atoms with E-state index in [1.54, 1.807) is 42.5 Å². The van der Waals surface area contributed by atoms with Crippen LogP contribution in [-0.2, 0) is 32.6 Å². The second kappa shape index (κ2) is 16.0. The fourth-order valence-corrected chi connectivity index (χ4v) is 7.90. The minimum absolute atomic E-state index is 0.00740. The van der Waals surface area contributed by atoms with Gasteiger partial charge in [-0.25, -0.2) is 8.42 Å². The lowest BCUT2D eigenvalue weighted by molar-refractivity contribution is -0.140. The third-order valence-electron chi connectivity index (χ3n) is 8.31. The normalized spacial score (nSPS) is 14.3. The van der Waals surface area contributed by atoms with Crippen LogP contribution in [0.3, 0.4) is 0 Å². The first-order valence-electron chi connectivity index (χ1n) is 15.5. The van der Waals surface area contributed by atoms with Gasteiger partial charge < -0.3 is 10.2 Å². The molecule has 0 spiro atoms. The molecular formula is C36H36Cl3N3O4S. The van der Waals surface area contributed by atoms with Crippen LogP contribution in [0.15, 0.2) is 108 Å². The molecule has 1 fully saturated rings. The number of nitrogens with zero attached hydrogens (tertiary/aromatic N) is 2. The topological polar surface area (TPSA) is 86.8 Å². The van der Waals surface area contributed by atoms with Gasteiger partial charge in [0.05, 0.1) is 15.6 Å². The van der Waals surface area contributed by atoms with Crippen LogP contribution in [0.4, 0.5) is 5.69 Å². The number of hydrogen-bond donors (Lipinski definition) is 1.